The smallest absolute Gasteiger partial charge is 0.134 e. The number of hydrogen-bond acceptors (Lipinski definition) is 6. The van der Waals surface area contributed by atoms with Gasteiger partial charge in [0.05, 0.1) is 6.61 Å². The minimum atomic E-state index is 0.363. The van der Waals surface area contributed by atoms with Gasteiger partial charge in [0.2, 0.25) is 0 Å². The summed E-state index contributed by atoms with van der Waals surface area (Å²) in [7, 11) is 0. The fraction of sp³-hybridized carbons (Fsp3) is 0.789. The Morgan fingerprint density at radius 1 is 1.12 bits per heavy atom. The van der Waals surface area contributed by atoms with Crippen LogP contribution in [-0.2, 0) is 4.74 Å². The second kappa shape index (κ2) is 7.56. The minimum Gasteiger partial charge on any atom is -0.380 e. The van der Waals surface area contributed by atoms with Crippen LogP contribution >= 0.6 is 0 Å². The van der Waals surface area contributed by atoms with E-state index >= 15 is 0 Å². The molecule has 2 N–H and O–H groups in total. The summed E-state index contributed by atoms with van der Waals surface area (Å²) in [5.74, 6) is 3.35. The van der Waals surface area contributed by atoms with Crippen LogP contribution in [0.4, 0.5) is 5.82 Å². The summed E-state index contributed by atoms with van der Waals surface area (Å²) in [5.41, 5.74) is 7.22. The molecule has 0 amide bonds. The first-order chi connectivity index (χ1) is 12.2. The van der Waals surface area contributed by atoms with Crippen molar-refractivity contribution in [3.63, 3.8) is 0 Å². The molecule has 2 saturated carbocycles. The molecule has 0 radical (unpaired) electrons. The Labute approximate surface area is 150 Å². The van der Waals surface area contributed by atoms with Gasteiger partial charge in [-0.1, -0.05) is 0 Å². The molecule has 0 spiro atoms. The van der Waals surface area contributed by atoms with Gasteiger partial charge in [-0.3, -0.25) is 4.90 Å². The van der Waals surface area contributed by atoms with Crippen LogP contribution in [0.1, 0.15) is 56.0 Å². The second-order valence-electron chi connectivity index (χ2n) is 7.74. The summed E-state index contributed by atoms with van der Waals surface area (Å²) in [4.78, 5) is 14.7. The molecular formula is C19H31N5O. The van der Waals surface area contributed by atoms with Crippen LogP contribution in [0.25, 0.3) is 0 Å². The Balaban J connectivity index is 1.41. The molecule has 1 aromatic heterocycles. The normalized spacial score (nSPS) is 27.4. The lowest BCUT2D eigenvalue weighted by atomic mass is 9.78. The standard InChI is InChI=1S/C19H31N5O/c1-2-25-10-9-23-5-7-24(8-6-23)18-13-17(15-11-16(20)12-15)21-19(22-18)14-3-4-14/h13-16H,2-12,20H2,1H3. The molecule has 6 nitrogen and oxygen atoms in total. The number of nitrogens with two attached hydrogens (primary N) is 1. The quantitative estimate of drug-likeness (QED) is 0.759. The van der Waals surface area contributed by atoms with Crippen LogP contribution in [0.15, 0.2) is 6.07 Å². The maximum Gasteiger partial charge on any atom is 0.134 e. The molecule has 0 bridgehead atoms. The SMILES string of the molecule is CCOCCN1CCN(c2cc(C3CC(N)C3)nc(C3CC3)n2)CC1. The van der Waals surface area contributed by atoms with Gasteiger partial charge in [0.25, 0.3) is 0 Å². The Hall–Kier alpha value is -1.24. The molecule has 2 aliphatic carbocycles. The lowest BCUT2D eigenvalue weighted by molar-refractivity contribution is 0.111. The van der Waals surface area contributed by atoms with Crippen molar-refractivity contribution in [2.24, 2.45) is 5.73 Å². The van der Waals surface area contributed by atoms with E-state index < -0.39 is 0 Å². The van der Waals surface area contributed by atoms with Crippen LogP contribution in [-0.4, -0.2) is 66.8 Å². The van der Waals surface area contributed by atoms with Crippen molar-refractivity contribution in [2.75, 3.05) is 50.8 Å². The number of hydrogen-bond donors (Lipinski definition) is 1. The van der Waals surface area contributed by atoms with E-state index in [0.29, 0.717) is 17.9 Å². The fourth-order valence-corrected chi connectivity index (χ4v) is 3.81. The van der Waals surface area contributed by atoms with Crippen LogP contribution in [0.2, 0.25) is 0 Å². The van der Waals surface area contributed by atoms with Crippen molar-refractivity contribution in [1.82, 2.24) is 14.9 Å². The first kappa shape index (κ1) is 17.2. The predicted molar refractivity (Wildman–Crippen MR) is 99.1 cm³/mol. The van der Waals surface area contributed by atoms with Crippen molar-refractivity contribution in [3.8, 4) is 0 Å². The third-order valence-electron chi connectivity index (χ3n) is 5.74. The topological polar surface area (TPSA) is 67.5 Å². The van der Waals surface area contributed by atoms with Crippen LogP contribution in [0.3, 0.4) is 0 Å². The molecule has 4 rings (SSSR count). The Bertz CT molecular complexity index is 577. The molecule has 1 aromatic rings. The first-order valence-corrected chi connectivity index (χ1v) is 9.92. The lowest BCUT2D eigenvalue weighted by Crippen LogP contribution is -2.47. The monoisotopic (exact) mass is 345 g/mol. The number of nitrogens with zero attached hydrogens (tertiary/aromatic N) is 4. The first-order valence-electron chi connectivity index (χ1n) is 9.92. The Morgan fingerprint density at radius 3 is 2.52 bits per heavy atom. The van der Waals surface area contributed by atoms with Gasteiger partial charge in [0.15, 0.2) is 0 Å². The van der Waals surface area contributed by atoms with Gasteiger partial charge in [0, 0.05) is 69.0 Å². The maximum absolute atomic E-state index is 5.99. The van der Waals surface area contributed by atoms with E-state index in [4.69, 9.17) is 20.4 Å². The highest BCUT2D eigenvalue weighted by atomic mass is 16.5. The van der Waals surface area contributed by atoms with Gasteiger partial charge in [-0.2, -0.15) is 0 Å². The molecule has 0 aromatic carbocycles. The van der Waals surface area contributed by atoms with E-state index in [-0.39, 0.29) is 0 Å². The summed E-state index contributed by atoms with van der Waals surface area (Å²) < 4.78 is 5.48. The number of aromatic nitrogens is 2. The zero-order chi connectivity index (χ0) is 17.2. The molecule has 0 atom stereocenters. The number of rotatable bonds is 7. The lowest BCUT2D eigenvalue weighted by Gasteiger charge is -2.36. The van der Waals surface area contributed by atoms with E-state index in [1.54, 1.807) is 0 Å². The largest absolute Gasteiger partial charge is 0.380 e. The highest BCUT2D eigenvalue weighted by molar-refractivity contribution is 5.42. The molecule has 25 heavy (non-hydrogen) atoms. The molecule has 138 valence electrons. The Kier molecular flexibility index (Phi) is 5.20. The highest BCUT2D eigenvalue weighted by Gasteiger charge is 2.33. The van der Waals surface area contributed by atoms with Crippen LogP contribution in [0, 0.1) is 0 Å². The molecule has 2 heterocycles. The molecular weight excluding hydrogens is 314 g/mol. The summed E-state index contributed by atoms with van der Waals surface area (Å²) in [6.45, 7) is 8.97. The van der Waals surface area contributed by atoms with Crippen molar-refractivity contribution in [3.05, 3.63) is 17.6 Å². The van der Waals surface area contributed by atoms with Gasteiger partial charge >= 0.3 is 0 Å². The maximum atomic E-state index is 5.99. The molecule has 6 heteroatoms. The van der Waals surface area contributed by atoms with Crippen LogP contribution in [0.5, 0.6) is 0 Å². The number of piperazine rings is 1. The van der Waals surface area contributed by atoms with E-state index in [9.17, 15) is 0 Å². The molecule has 0 unspecified atom stereocenters. The average molecular weight is 345 g/mol. The fourth-order valence-electron chi connectivity index (χ4n) is 3.81. The van der Waals surface area contributed by atoms with E-state index in [2.05, 4.69) is 22.8 Å². The van der Waals surface area contributed by atoms with E-state index in [0.717, 1.165) is 70.4 Å². The van der Waals surface area contributed by atoms with E-state index in [1.807, 2.05) is 0 Å². The number of anilines is 1. The van der Waals surface area contributed by atoms with Crippen molar-refractivity contribution in [1.29, 1.82) is 0 Å². The van der Waals surface area contributed by atoms with Crippen molar-refractivity contribution < 1.29 is 4.74 Å². The third-order valence-corrected chi connectivity index (χ3v) is 5.74. The highest BCUT2D eigenvalue weighted by Crippen LogP contribution is 2.41. The van der Waals surface area contributed by atoms with Gasteiger partial charge in [-0.05, 0) is 32.6 Å². The zero-order valence-electron chi connectivity index (χ0n) is 15.4. The summed E-state index contributed by atoms with van der Waals surface area (Å²) in [6.07, 6.45) is 4.65. The zero-order valence-corrected chi connectivity index (χ0v) is 15.4. The summed E-state index contributed by atoms with van der Waals surface area (Å²) >= 11 is 0. The van der Waals surface area contributed by atoms with Gasteiger partial charge < -0.3 is 15.4 Å². The molecule has 1 saturated heterocycles. The van der Waals surface area contributed by atoms with Gasteiger partial charge in [-0.15, -0.1) is 0 Å². The van der Waals surface area contributed by atoms with E-state index in [1.165, 1.54) is 18.5 Å². The second-order valence-corrected chi connectivity index (χ2v) is 7.74. The Morgan fingerprint density at radius 2 is 1.88 bits per heavy atom. The average Bonchev–Trinajstić information content (AvgIpc) is 3.45. The minimum absolute atomic E-state index is 0.363. The predicted octanol–water partition coefficient (Wildman–Crippen LogP) is 1.72. The van der Waals surface area contributed by atoms with Gasteiger partial charge in [-0.25, -0.2) is 9.97 Å². The summed E-state index contributed by atoms with van der Waals surface area (Å²) in [6, 6.07) is 2.60. The molecule has 3 aliphatic rings. The molecule has 1 aliphatic heterocycles. The van der Waals surface area contributed by atoms with Crippen molar-refractivity contribution >= 4 is 5.82 Å². The van der Waals surface area contributed by atoms with Crippen molar-refractivity contribution in [2.45, 2.75) is 50.5 Å². The summed E-state index contributed by atoms with van der Waals surface area (Å²) in [5, 5.41) is 0. The number of ether oxygens (including phenoxy) is 1. The third kappa shape index (κ3) is 4.13. The van der Waals surface area contributed by atoms with Gasteiger partial charge in [0.1, 0.15) is 11.6 Å². The molecule has 3 fully saturated rings. The van der Waals surface area contributed by atoms with Crippen LogP contribution < -0.4 is 10.6 Å².